The third kappa shape index (κ3) is 1.94. The summed E-state index contributed by atoms with van der Waals surface area (Å²) in [6.45, 7) is 2.57. The number of aromatic nitrogens is 3. The van der Waals surface area contributed by atoms with E-state index in [9.17, 15) is 4.79 Å². The van der Waals surface area contributed by atoms with Gasteiger partial charge in [0.1, 0.15) is 0 Å². The van der Waals surface area contributed by atoms with E-state index in [1.807, 2.05) is 19.1 Å². The van der Waals surface area contributed by atoms with Gasteiger partial charge in [-0.05, 0) is 25.6 Å². The van der Waals surface area contributed by atoms with Gasteiger partial charge in [-0.25, -0.2) is 9.89 Å². The van der Waals surface area contributed by atoms with Crippen LogP contribution in [0.1, 0.15) is 13.3 Å². The highest BCUT2D eigenvalue weighted by Gasteiger charge is 1.96. The lowest BCUT2D eigenvalue weighted by Gasteiger charge is -1.93. The topological polar surface area (TPSA) is 53.6 Å². The monoisotopic (exact) mass is 185 g/mol. The number of hydrogen-bond acceptors (Lipinski definition) is 2. The predicted molar refractivity (Wildman–Crippen MR) is 49.7 cm³/mol. The van der Waals surface area contributed by atoms with Gasteiger partial charge in [0, 0.05) is 6.54 Å². The molecule has 4 nitrogen and oxygen atoms in total. The van der Waals surface area contributed by atoms with Crippen LogP contribution >= 0.6 is 12.2 Å². The van der Waals surface area contributed by atoms with E-state index in [2.05, 4.69) is 10.2 Å². The first kappa shape index (κ1) is 8.99. The van der Waals surface area contributed by atoms with Gasteiger partial charge in [-0.15, -0.1) is 0 Å². The molecule has 0 radical (unpaired) electrons. The molecule has 0 aliphatic carbocycles. The van der Waals surface area contributed by atoms with Crippen LogP contribution in [0.5, 0.6) is 0 Å². The molecule has 1 aromatic rings. The Morgan fingerprint density at radius 2 is 2.33 bits per heavy atom. The molecule has 0 saturated heterocycles. The Balaban J connectivity index is 2.75. The van der Waals surface area contributed by atoms with Gasteiger partial charge in [0.05, 0.1) is 0 Å². The summed E-state index contributed by atoms with van der Waals surface area (Å²) < 4.78 is 1.94. The van der Waals surface area contributed by atoms with E-state index in [-0.39, 0.29) is 5.69 Å². The van der Waals surface area contributed by atoms with Crippen LogP contribution in [0.25, 0.3) is 0 Å². The maximum Gasteiger partial charge on any atom is 0.342 e. The van der Waals surface area contributed by atoms with Gasteiger partial charge in [0.2, 0.25) is 0 Å². The van der Waals surface area contributed by atoms with Crippen LogP contribution in [0.15, 0.2) is 16.9 Å². The molecule has 0 fully saturated rings. The van der Waals surface area contributed by atoms with Gasteiger partial charge in [-0.3, -0.25) is 9.67 Å². The Morgan fingerprint density at radius 1 is 1.58 bits per heavy atom. The van der Waals surface area contributed by atoms with Crippen molar-refractivity contribution in [3.05, 3.63) is 27.4 Å². The van der Waals surface area contributed by atoms with Crippen molar-refractivity contribution >= 4 is 12.2 Å². The zero-order valence-electron chi connectivity index (χ0n) is 6.83. The van der Waals surface area contributed by atoms with Crippen molar-refractivity contribution < 1.29 is 0 Å². The largest absolute Gasteiger partial charge is 0.342 e. The highest BCUT2D eigenvalue weighted by molar-refractivity contribution is 7.71. The summed E-state index contributed by atoms with van der Waals surface area (Å²) in [5.41, 5.74) is -0.176. The summed E-state index contributed by atoms with van der Waals surface area (Å²) in [6.07, 6.45) is 4.77. The van der Waals surface area contributed by atoms with Crippen LogP contribution in [0.4, 0.5) is 0 Å². The second kappa shape index (κ2) is 4.06. The van der Waals surface area contributed by atoms with E-state index in [4.69, 9.17) is 12.2 Å². The van der Waals surface area contributed by atoms with Crippen LogP contribution in [-0.4, -0.2) is 14.8 Å². The fraction of sp³-hybridized carbons (Fsp3) is 0.429. The van der Waals surface area contributed by atoms with Crippen molar-refractivity contribution in [2.45, 2.75) is 19.9 Å². The van der Waals surface area contributed by atoms with Crippen molar-refractivity contribution in [1.29, 1.82) is 0 Å². The molecule has 0 aromatic carbocycles. The molecular weight excluding hydrogens is 174 g/mol. The van der Waals surface area contributed by atoms with Crippen molar-refractivity contribution in [2.24, 2.45) is 0 Å². The molecular formula is C7H11N3OS. The average Bonchev–Trinajstić information content (AvgIpc) is 2.35. The summed E-state index contributed by atoms with van der Waals surface area (Å²) in [7, 11) is 0. The lowest BCUT2D eigenvalue weighted by atomic mass is 10.4. The first-order chi connectivity index (χ1) is 5.75. The molecule has 1 rings (SSSR count). The third-order valence-electron chi connectivity index (χ3n) is 1.52. The second-order valence-corrected chi connectivity index (χ2v) is 2.76. The molecule has 12 heavy (non-hydrogen) atoms. The first-order valence-electron chi connectivity index (χ1n) is 3.74. The van der Waals surface area contributed by atoms with Crippen LogP contribution in [0, 0.1) is 4.77 Å². The molecule has 0 saturated carbocycles. The molecule has 0 aliphatic rings. The second-order valence-electron chi connectivity index (χ2n) is 2.37. The maximum absolute atomic E-state index is 11.0. The number of hydrogen-bond donors (Lipinski definition) is 2. The van der Waals surface area contributed by atoms with Crippen LogP contribution in [-0.2, 0) is 6.54 Å². The molecule has 1 heterocycles. The summed E-state index contributed by atoms with van der Waals surface area (Å²) in [4.78, 5) is 11.0. The molecule has 5 heteroatoms. The van der Waals surface area contributed by atoms with Gasteiger partial charge in [0.25, 0.3) is 0 Å². The fourth-order valence-electron chi connectivity index (χ4n) is 0.908. The van der Waals surface area contributed by atoms with E-state index in [0.717, 1.165) is 6.42 Å². The Hall–Kier alpha value is -1.10. The number of H-pyrrole nitrogens is 2. The minimum atomic E-state index is -0.176. The van der Waals surface area contributed by atoms with E-state index in [1.54, 1.807) is 0 Å². The first-order valence-corrected chi connectivity index (χ1v) is 4.15. The molecule has 2 N–H and O–H groups in total. The fourth-order valence-corrected chi connectivity index (χ4v) is 1.13. The molecule has 0 bridgehead atoms. The third-order valence-corrected chi connectivity index (χ3v) is 1.84. The predicted octanol–water partition coefficient (Wildman–Crippen LogP) is 1.20. The lowest BCUT2D eigenvalue weighted by Crippen LogP contribution is -2.16. The lowest BCUT2D eigenvalue weighted by molar-refractivity contribution is 0.674. The van der Waals surface area contributed by atoms with Gasteiger partial charge >= 0.3 is 5.69 Å². The number of aromatic amines is 2. The summed E-state index contributed by atoms with van der Waals surface area (Å²) in [5.74, 6) is 0. The molecule has 1 aromatic heterocycles. The molecule has 0 atom stereocenters. The number of nitrogens with one attached hydrogen (secondary N) is 2. The Kier molecular flexibility index (Phi) is 3.04. The summed E-state index contributed by atoms with van der Waals surface area (Å²) in [5, 5.41) is 5.00. The van der Waals surface area contributed by atoms with E-state index < -0.39 is 0 Å². The van der Waals surface area contributed by atoms with E-state index >= 15 is 0 Å². The van der Waals surface area contributed by atoms with Gasteiger partial charge in [-0.1, -0.05) is 12.2 Å². The van der Waals surface area contributed by atoms with Crippen LogP contribution in [0.3, 0.4) is 0 Å². The smallest absolute Gasteiger partial charge is 0.272 e. The molecule has 0 spiro atoms. The Morgan fingerprint density at radius 3 is 2.83 bits per heavy atom. The maximum atomic E-state index is 11.0. The average molecular weight is 185 g/mol. The van der Waals surface area contributed by atoms with Crippen molar-refractivity contribution in [2.75, 3.05) is 0 Å². The molecule has 0 aliphatic heterocycles. The van der Waals surface area contributed by atoms with Crippen molar-refractivity contribution in [1.82, 2.24) is 14.8 Å². The highest BCUT2D eigenvalue weighted by atomic mass is 32.1. The molecule has 0 unspecified atom stereocenters. The zero-order valence-corrected chi connectivity index (χ0v) is 7.65. The number of rotatable bonds is 3. The standard InChI is InChI=1S/C7H11N3OS/c1-2-3-4-5-10-6(11)8-9-7(10)12/h2-3H,4-5H2,1H3,(H,8,11)(H,9,12)/b3-2+. The Labute approximate surface area is 74.9 Å². The summed E-state index contributed by atoms with van der Waals surface area (Å²) >= 11 is 4.87. The quantitative estimate of drug-likeness (QED) is 0.549. The van der Waals surface area contributed by atoms with Crippen LogP contribution < -0.4 is 5.69 Å². The zero-order chi connectivity index (χ0) is 8.97. The van der Waals surface area contributed by atoms with Crippen molar-refractivity contribution in [3.63, 3.8) is 0 Å². The van der Waals surface area contributed by atoms with Gasteiger partial charge in [0.15, 0.2) is 4.77 Å². The van der Waals surface area contributed by atoms with Gasteiger partial charge < -0.3 is 0 Å². The van der Waals surface area contributed by atoms with Crippen molar-refractivity contribution in [3.8, 4) is 0 Å². The van der Waals surface area contributed by atoms with Crippen LogP contribution in [0.2, 0.25) is 0 Å². The minimum Gasteiger partial charge on any atom is -0.272 e. The minimum absolute atomic E-state index is 0.176. The molecule has 0 amide bonds. The Bertz CT molecular complexity index is 343. The molecule has 66 valence electrons. The summed E-state index contributed by atoms with van der Waals surface area (Å²) in [6, 6.07) is 0. The van der Waals surface area contributed by atoms with E-state index in [0.29, 0.717) is 11.3 Å². The van der Waals surface area contributed by atoms with E-state index in [1.165, 1.54) is 4.57 Å². The normalized spacial score (nSPS) is 11.1. The number of allylic oxidation sites excluding steroid dienone is 2. The van der Waals surface area contributed by atoms with Gasteiger partial charge in [-0.2, -0.15) is 0 Å². The number of nitrogens with zero attached hydrogens (tertiary/aromatic N) is 1. The SMILES string of the molecule is C/C=C/CCn1c(=O)[nH][nH]c1=S. The highest BCUT2D eigenvalue weighted by Crippen LogP contribution is 1.88.